The van der Waals surface area contributed by atoms with Crippen LogP contribution in [-0.4, -0.2) is 6.29 Å². The van der Waals surface area contributed by atoms with Gasteiger partial charge in [0, 0.05) is 6.42 Å². The molecular formula is C10H11O2. The van der Waals surface area contributed by atoms with Crippen LogP contribution in [-0.2, 0) is 0 Å². The van der Waals surface area contributed by atoms with E-state index in [-0.39, 0.29) is 6.29 Å². The molecule has 0 aromatic heterocycles. The number of fused-ring (bicyclic) bond motifs is 1. The van der Waals surface area contributed by atoms with Gasteiger partial charge in [-0.2, -0.15) is 0 Å². The molecule has 0 aliphatic carbocycles. The van der Waals surface area contributed by atoms with Gasteiger partial charge < -0.3 is 9.47 Å². The molecular weight excluding hydrogens is 152 g/mol. The SMILES string of the molecule is CC[CH]C1Oc2ccccc2O1. The van der Waals surface area contributed by atoms with Crippen molar-refractivity contribution in [3.05, 3.63) is 30.7 Å². The van der Waals surface area contributed by atoms with Crippen molar-refractivity contribution in [1.29, 1.82) is 0 Å². The highest BCUT2D eigenvalue weighted by atomic mass is 16.7. The number of rotatable bonds is 2. The van der Waals surface area contributed by atoms with Crippen molar-refractivity contribution < 1.29 is 9.47 Å². The molecule has 0 saturated carbocycles. The fraction of sp³-hybridized carbons (Fsp3) is 0.300. The second-order valence-corrected chi connectivity index (χ2v) is 2.69. The van der Waals surface area contributed by atoms with Gasteiger partial charge in [0.2, 0.25) is 6.29 Å². The fourth-order valence-electron chi connectivity index (χ4n) is 1.21. The van der Waals surface area contributed by atoms with Crippen LogP contribution in [0.1, 0.15) is 13.3 Å². The predicted octanol–water partition coefficient (Wildman–Crippen LogP) is 2.40. The van der Waals surface area contributed by atoms with Gasteiger partial charge in [0.05, 0.1) is 0 Å². The molecule has 1 aliphatic rings. The summed E-state index contributed by atoms with van der Waals surface area (Å²) in [5.41, 5.74) is 0. The lowest BCUT2D eigenvalue weighted by Gasteiger charge is -2.06. The van der Waals surface area contributed by atoms with E-state index in [1.54, 1.807) is 0 Å². The summed E-state index contributed by atoms with van der Waals surface area (Å²) in [6, 6.07) is 7.71. The minimum absolute atomic E-state index is 0.188. The Labute approximate surface area is 72.1 Å². The van der Waals surface area contributed by atoms with Crippen molar-refractivity contribution in [1.82, 2.24) is 0 Å². The highest BCUT2D eigenvalue weighted by molar-refractivity contribution is 5.42. The van der Waals surface area contributed by atoms with E-state index < -0.39 is 0 Å². The van der Waals surface area contributed by atoms with Crippen LogP contribution in [0.4, 0.5) is 0 Å². The summed E-state index contributed by atoms with van der Waals surface area (Å²) in [7, 11) is 0. The molecule has 0 fully saturated rings. The van der Waals surface area contributed by atoms with Crippen molar-refractivity contribution in [2.75, 3.05) is 0 Å². The lowest BCUT2D eigenvalue weighted by Crippen LogP contribution is -2.17. The Kier molecular flexibility index (Phi) is 1.90. The average molecular weight is 163 g/mol. The second-order valence-electron chi connectivity index (χ2n) is 2.69. The molecule has 0 atom stereocenters. The van der Waals surface area contributed by atoms with Gasteiger partial charge >= 0.3 is 0 Å². The Bertz CT molecular complexity index is 245. The quantitative estimate of drug-likeness (QED) is 0.666. The molecule has 0 amide bonds. The Balaban J connectivity index is 2.11. The molecule has 1 aromatic carbocycles. The molecule has 1 radical (unpaired) electrons. The molecule has 0 spiro atoms. The summed E-state index contributed by atoms with van der Waals surface area (Å²) in [6.07, 6.45) is 2.77. The van der Waals surface area contributed by atoms with Crippen LogP contribution in [0.25, 0.3) is 0 Å². The van der Waals surface area contributed by atoms with Crippen LogP contribution in [0.5, 0.6) is 11.5 Å². The van der Waals surface area contributed by atoms with Gasteiger partial charge in [0.25, 0.3) is 0 Å². The minimum atomic E-state index is -0.188. The molecule has 63 valence electrons. The van der Waals surface area contributed by atoms with Gasteiger partial charge in [-0.15, -0.1) is 0 Å². The number of ether oxygens (including phenoxy) is 2. The summed E-state index contributed by atoms with van der Waals surface area (Å²) in [6.45, 7) is 2.07. The summed E-state index contributed by atoms with van der Waals surface area (Å²) < 4.78 is 10.9. The zero-order valence-electron chi connectivity index (χ0n) is 6.99. The van der Waals surface area contributed by atoms with Crippen molar-refractivity contribution >= 4 is 0 Å². The van der Waals surface area contributed by atoms with E-state index in [9.17, 15) is 0 Å². The van der Waals surface area contributed by atoms with Crippen LogP contribution in [0.2, 0.25) is 0 Å². The predicted molar refractivity (Wildman–Crippen MR) is 46.1 cm³/mol. The van der Waals surface area contributed by atoms with Gasteiger partial charge in [0.1, 0.15) is 0 Å². The topological polar surface area (TPSA) is 18.5 Å². The van der Waals surface area contributed by atoms with E-state index >= 15 is 0 Å². The van der Waals surface area contributed by atoms with E-state index in [1.165, 1.54) is 0 Å². The summed E-state index contributed by atoms with van der Waals surface area (Å²) in [5, 5.41) is 0. The Morgan fingerprint density at radius 2 is 1.83 bits per heavy atom. The number of benzene rings is 1. The molecule has 2 heteroatoms. The Morgan fingerprint density at radius 1 is 1.25 bits per heavy atom. The molecule has 1 aliphatic heterocycles. The third-order valence-electron chi connectivity index (χ3n) is 1.76. The zero-order valence-corrected chi connectivity index (χ0v) is 6.99. The summed E-state index contributed by atoms with van der Waals surface area (Å²) in [4.78, 5) is 0. The molecule has 1 heterocycles. The number of hydrogen-bond donors (Lipinski definition) is 0. The molecule has 1 aromatic rings. The largest absolute Gasteiger partial charge is 0.451 e. The minimum Gasteiger partial charge on any atom is -0.451 e. The maximum atomic E-state index is 5.47. The normalized spacial score (nSPS) is 15.1. The van der Waals surface area contributed by atoms with Gasteiger partial charge in [0.15, 0.2) is 11.5 Å². The molecule has 2 rings (SSSR count). The second kappa shape index (κ2) is 3.05. The average Bonchev–Trinajstić information content (AvgIpc) is 2.47. The highest BCUT2D eigenvalue weighted by Crippen LogP contribution is 2.34. The molecule has 0 saturated heterocycles. The lowest BCUT2D eigenvalue weighted by molar-refractivity contribution is 0.0775. The van der Waals surface area contributed by atoms with Crippen LogP contribution in [0.3, 0.4) is 0 Å². The Morgan fingerprint density at radius 3 is 2.33 bits per heavy atom. The van der Waals surface area contributed by atoms with Gasteiger partial charge in [-0.3, -0.25) is 0 Å². The van der Waals surface area contributed by atoms with Crippen molar-refractivity contribution in [3.8, 4) is 11.5 Å². The first kappa shape index (κ1) is 7.47. The lowest BCUT2D eigenvalue weighted by atomic mass is 10.3. The smallest absolute Gasteiger partial charge is 0.244 e. The maximum Gasteiger partial charge on any atom is 0.244 e. The first-order valence-corrected chi connectivity index (χ1v) is 4.16. The summed E-state index contributed by atoms with van der Waals surface area (Å²) >= 11 is 0. The van der Waals surface area contributed by atoms with E-state index in [0.29, 0.717) is 0 Å². The van der Waals surface area contributed by atoms with Crippen LogP contribution >= 0.6 is 0 Å². The van der Waals surface area contributed by atoms with Gasteiger partial charge in [-0.1, -0.05) is 19.1 Å². The standard InChI is InChI=1S/C10H11O2/c1-2-5-10-11-8-6-3-4-7-9(8)12-10/h3-7,10H,2H2,1H3. The Hall–Kier alpha value is -1.18. The van der Waals surface area contributed by atoms with E-state index in [2.05, 4.69) is 6.92 Å². The molecule has 0 unspecified atom stereocenters. The van der Waals surface area contributed by atoms with Crippen LogP contribution in [0.15, 0.2) is 24.3 Å². The fourth-order valence-corrected chi connectivity index (χ4v) is 1.21. The van der Waals surface area contributed by atoms with E-state index in [1.807, 2.05) is 30.7 Å². The first-order chi connectivity index (χ1) is 5.90. The molecule has 0 N–H and O–H groups in total. The van der Waals surface area contributed by atoms with Crippen LogP contribution < -0.4 is 9.47 Å². The van der Waals surface area contributed by atoms with Crippen molar-refractivity contribution in [2.24, 2.45) is 0 Å². The number of para-hydroxylation sites is 2. The monoisotopic (exact) mass is 163 g/mol. The number of hydrogen-bond acceptors (Lipinski definition) is 2. The van der Waals surface area contributed by atoms with Crippen molar-refractivity contribution in [2.45, 2.75) is 19.6 Å². The highest BCUT2D eigenvalue weighted by Gasteiger charge is 2.22. The van der Waals surface area contributed by atoms with E-state index in [4.69, 9.17) is 9.47 Å². The summed E-state index contributed by atoms with van der Waals surface area (Å²) in [5.74, 6) is 1.68. The van der Waals surface area contributed by atoms with E-state index in [0.717, 1.165) is 17.9 Å². The zero-order chi connectivity index (χ0) is 8.39. The third kappa shape index (κ3) is 1.24. The van der Waals surface area contributed by atoms with Gasteiger partial charge in [-0.25, -0.2) is 0 Å². The first-order valence-electron chi connectivity index (χ1n) is 4.16. The molecule has 2 nitrogen and oxygen atoms in total. The van der Waals surface area contributed by atoms with Crippen molar-refractivity contribution in [3.63, 3.8) is 0 Å². The van der Waals surface area contributed by atoms with Gasteiger partial charge in [-0.05, 0) is 18.6 Å². The third-order valence-corrected chi connectivity index (χ3v) is 1.76. The molecule has 12 heavy (non-hydrogen) atoms. The van der Waals surface area contributed by atoms with Crippen LogP contribution in [0, 0.1) is 6.42 Å². The molecule has 0 bridgehead atoms. The maximum absolute atomic E-state index is 5.47.